The zero-order chi connectivity index (χ0) is 14.2. The fourth-order valence-electron chi connectivity index (χ4n) is 0.471. The Bertz CT molecular complexity index is 263. The van der Waals surface area contributed by atoms with E-state index in [1.807, 2.05) is 6.92 Å². The third kappa shape index (κ3) is 8.13. The lowest BCUT2D eigenvalue weighted by Crippen LogP contribution is -2.39. The first-order valence-corrected chi connectivity index (χ1v) is 4.51. The van der Waals surface area contributed by atoms with Crippen LogP contribution < -0.4 is 11.5 Å². The first-order chi connectivity index (χ1) is 7.64. The number of aliphatic carboxylic acids is 2. The van der Waals surface area contributed by atoms with Gasteiger partial charge in [0.05, 0.1) is 6.04 Å². The summed E-state index contributed by atoms with van der Waals surface area (Å²) in [6, 6.07) is -0.458. The minimum absolute atomic E-state index is 0.428. The maximum Gasteiger partial charge on any atom is 0.335 e. The molecule has 100 valence electrons. The molecule has 0 heterocycles. The van der Waals surface area contributed by atoms with E-state index in [1.54, 1.807) is 0 Å². The van der Waals surface area contributed by atoms with Crippen molar-refractivity contribution in [1.82, 2.24) is 0 Å². The van der Waals surface area contributed by atoms with E-state index in [-0.39, 0.29) is 0 Å². The number of carbonyl (C=O) groups excluding carboxylic acids is 1. The summed E-state index contributed by atoms with van der Waals surface area (Å²) in [7, 11) is 0. The molecule has 0 saturated carbocycles. The van der Waals surface area contributed by atoms with Crippen molar-refractivity contribution in [3.05, 3.63) is 0 Å². The Morgan fingerprint density at radius 2 is 1.35 bits per heavy atom. The van der Waals surface area contributed by atoms with Crippen LogP contribution in [0.5, 0.6) is 0 Å². The van der Waals surface area contributed by atoms with Crippen molar-refractivity contribution in [2.24, 2.45) is 11.5 Å². The van der Waals surface area contributed by atoms with Crippen LogP contribution in [0.4, 0.5) is 0 Å². The average Bonchev–Trinajstić information content (AvgIpc) is 2.26. The molecule has 0 aliphatic carbocycles. The van der Waals surface area contributed by atoms with Crippen LogP contribution in [0.2, 0.25) is 0 Å². The summed E-state index contributed by atoms with van der Waals surface area (Å²) in [5.74, 6) is -3.97. The molecule has 0 aliphatic heterocycles. The molecule has 9 heteroatoms. The van der Waals surface area contributed by atoms with Gasteiger partial charge in [0, 0.05) is 0 Å². The molecule has 0 fully saturated rings. The van der Waals surface area contributed by atoms with Gasteiger partial charge in [0.15, 0.2) is 12.2 Å². The van der Waals surface area contributed by atoms with Crippen LogP contribution in [0.1, 0.15) is 13.3 Å². The number of hydrogen-bond donors (Lipinski definition) is 6. The Morgan fingerprint density at radius 1 is 1.06 bits per heavy atom. The molecule has 0 rings (SSSR count). The van der Waals surface area contributed by atoms with Gasteiger partial charge in [0.2, 0.25) is 5.91 Å². The van der Waals surface area contributed by atoms with Crippen molar-refractivity contribution in [1.29, 1.82) is 0 Å². The van der Waals surface area contributed by atoms with Crippen molar-refractivity contribution in [3.8, 4) is 0 Å². The number of carbonyl (C=O) groups is 3. The molecule has 9 nitrogen and oxygen atoms in total. The molecule has 0 saturated heterocycles. The van der Waals surface area contributed by atoms with E-state index in [9.17, 15) is 14.4 Å². The van der Waals surface area contributed by atoms with Crippen molar-refractivity contribution in [2.75, 3.05) is 0 Å². The van der Waals surface area contributed by atoms with E-state index < -0.39 is 36.1 Å². The van der Waals surface area contributed by atoms with Crippen LogP contribution >= 0.6 is 0 Å². The van der Waals surface area contributed by atoms with Gasteiger partial charge in [-0.15, -0.1) is 0 Å². The molecular formula is C8H16N2O7. The molecule has 0 aromatic heterocycles. The molecule has 8 N–H and O–H groups in total. The highest BCUT2D eigenvalue weighted by Crippen LogP contribution is 1.92. The highest BCUT2D eigenvalue weighted by atomic mass is 16.4. The van der Waals surface area contributed by atoms with Crippen molar-refractivity contribution in [3.63, 3.8) is 0 Å². The summed E-state index contributed by atoms with van der Waals surface area (Å²) >= 11 is 0. The second kappa shape index (κ2) is 8.44. The van der Waals surface area contributed by atoms with Gasteiger partial charge >= 0.3 is 11.9 Å². The number of aliphatic hydroxyl groups is 2. The standard InChI is InChI=1S/C4H10N2O.C4H6O6/c1-2-3(5)4(6)7;5-1(3(7)8)2(6)4(9)10/h3H,2,5H2,1H3,(H2,6,7);1-2,5-6H,(H,7,8)(H,9,10). The molecule has 3 atom stereocenters. The lowest BCUT2D eigenvalue weighted by atomic mass is 10.2. The number of carboxylic acid groups (broad SMARTS) is 2. The van der Waals surface area contributed by atoms with Crippen LogP contribution in [0.25, 0.3) is 0 Å². The molecule has 0 aromatic carbocycles. The van der Waals surface area contributed by atoms with Crippen molar-refractivity contribution >= 4 is 17.8 Å². The fourth-order valence-corrected chi connectivity index (χ4v) is 0.471. The minimum atomic E-state index is -2.27. The number of amides is 1. The second-order valence-electron chi connectivity index (χ2n) is 2.98. The SMILES string of the molecule is CCC(N)C(N)=O.O=C(O)C(O)C(O)C(=O)O. The normalized spacial score (nSPS) is 14.8. The summed E-state index contributed by atoms with van der Waals surface area (Å²) in [5, 5.41) is 32.5. The molecule has 1 amide bonds. The quantitative estimate of drug-likeness (QED) is 0.300. The van der Waals surface area contributed by atoms with Crippen LogP contribution in [0.15, 0.2) is 0 Å². The first kappa shape index (κ1) is 17.7. The summed E-state index contributed by atoms with van der Waals surface area (Å²) in [4.78, 5) is 29.6. The number of rotatable bonds is 5. The van der Waals surface area contributed by atoms with Crippen molar-refractivity contribution < 1.29 is 34.8 Å². The average molecular weight is 252 g/mol. The van der Waals surface area contributed by atoms with Crippen molar-refractivity contribution in [2.45, 2.75) is 31.6 Å². The van der Waals surface area contributed by atoms with E-state index in [0.717, 1.165) is 0 Å². The summed E-state index contributed by atoms with van der Waals surface area (Å²) in [6.45, 7) is 1.81. The lowest BCUT2D eigenvalue weighted by molar-refractivity contribution is -0.165. The minimum Gasteiger partial charge on any atom is -0.479 e. The van der Waals surface area contributed by atoms with Gasteiger partial charge in [0.25, 0.3) is 0 Å². The molecule has 0 radical (unpaired) electrons. The predicted octanol–water partition coefficient (Wildman–Crippen LogP) is -2.91. The first-order valence-electron chi connectivity index (χ1n) is 4.51. The predicted molar refractivity (Wildman–Crippen MR) is 54.7 cm³/mol. The molecular weight excluding hydrogens is 236 g/mol. The zero-order valence-electron chi connectivity index (χ0n) is 9.11. The molecule has 0 bridgehead atoms. The number of hydrogen-bond acceptors (Lipinski definition) is 6. The molecule has 0 aliphatic rings. The van der Waals surface area contributed by atoms with E-state index in [1.165, 1.54) is 0 Å². The van der Waals surface area contributed by atoms with Crippen LogP contribution in [0.3, 0.4) is 0 Å². The number of carboxylic acids is 2. The monoisotopic (exact) mass is 252 g/mol. The van der Waals surface area contributed by atoms with Gasteiger partial charge in [-0.1, -0.05) is 6.92 Å². The van der Waals surface area contributed by atoms with Gasteiger partial charge in [-0.3, -0.25) is 4.79 Å². The topological polar surface area (TPSA) is 184 Å². The molecule has 3 unspecified atom stereocenters. The Hall–Kier alpha value is -1.71. The smallest absolute Gasteiger partial charge is 0.335 e. The highest BCUT2D eigenvalue weighted by molar-refractivity contribution is 5.83. The van der Waals surface area contributed by atoms with Crippen LogP contribution in [0, 0.1) is 0 Å². The van der Waals surface area contributed by atoms with E-state index in [2.05, 4.69) is 0 Å². The van der Waals surface area contributed by atoms with Gasteiger partial charge in [0.1, 0.15) is 0 Å². The Kier molecular flexibility index (Phi) is 8.78. The van der Waals surface area contributed by atoms with Crippen LogP contribution in [-0.2, 0) is 14.4 Å². The van der Waals surface area contributed by atoms with Gasteiger partial charge in [-0.25, -0.2) is 9.59 Å². The Morgan fingerprint density at radius 3 is 1.41 bits per heavy atom. The van der Waals surface area contributed by atoms with Gasteiger partial charge < -0.3 is 31.9 Å². The molecule has 17 heavy (non-hydrogen) atoms. The lowest BCUT2D eigenvalue weighted by Gasteiger charge is -2.07. The highest BCUT2D eigenvalue weighted by Gasteiger charge is 2.29. The third-order valence-electron chi connectivity index (χ3n) is 1.61. The third-order valence-corrected chi connectivity index (χ3v) is 1.61. The van der Waals surface area contributed by atoms with Gasteiger partial charge in [-0.05, 0) is 6.42 Å². The molecule has 0 spiro atoms. The largest absolute Gasteiger partial charge is 0.479 e. The van der Waals surface area contributed by atoms with Gasteiger partial charge in [-0.2, -0.15) is 0 Å². The summed E-state index contributed by atoms with van der Waals surface area (Å²) in [6.07, 6.45) is -3.91. The summed E-state index contributed by atoms with van der Waals surface area (Å²) in [5.41, 5.74) is 9.92. The zero-order valence-corrected chi connectivity index (χ0v) is 9.11. The summed E-state index contributed by atoms with van der Waals surface area (Å²) < 4.78 is 0. The fraction of sp³-hybridized carbons (Fsp3) is 0.625. The van der Waals surface area contributed by atoms with E-state index >= 15 is 0 Å². The number of primary amides is 1. The maximum absolute atomic E-state index is 10.0. The Labute approximate surface area is 96.6 Å². The molecule has 0 aromatic rings. The van der Waals surface area contributed by atoms with E-state index in [4.69, 9.17) is 31.9 Å². The second-order valence-corrected chi connectivity index (χ2v) is 2.98. The number of nitrogens with two attached hydrogens (primary N) is 2. The number of aliphatic hydroxyl groups excluding tert-OH is 2. The van der Waals surface area contributed by atoms with E-state index in [0.29, 0.717) is 6.42 Å². The maximum atomic E-state index is 10.0. The Balaban J connectivity index is 0. The van der Waals surface area contributed by atoms with Crippen LogP contribution in [-0.4, -0.2) is 56.5 Å².